The first-order chi connectivity index (χ1) is 8.90. The van der Waals surface area contributed by atoms with E-state index >= 15 is 0 Å². The van der Waals surface area contributed by atoms with Gasteiger partial charge in [0.15, 0.2) is 5.16 Å². The molecule has 0 aliphatic heterocycles. The van der Waals surface area contributed by atoms with Gasteiger partial charge in [-0.25, -0.2) is 19.6 Å². The topological polar surface area (TPSA) is 68.5 Å². The zero-order valence-electron chi connectivity index (χ0n) is 9.93. The van der Waals surface area contributed by atoms with Gasteiger partial charge in [0.05, 0.1) is 0 Å². The van der Waals surface area contributed by atoms with E-state index < -0.39 is 12.0 Å². The van der Waals surface area contributed by atoms with E-state index in [4.69, 9.17) is 0 Å². The molecule has 10 heteroatoms. The van der Waals surface area contributed by atoms with Gasteiger partial charge in [0.25, 0.3) is 0 Å². The van der Waals surface area contributed by atoms with Gasteiger partial charge in [-0.05, 0) is 11.8 Å². The van der Waals surface area contributed by atoms with Crippen molar-refractivity contribution in [3.8, 4) is 0 Å². The third kappa shape index (κ3) is 3.13. The van der Waals surface area contributed by atoms with E-state index in [1.807, 2.05) is 0 Å². The molecule has 0 aliphatic rings. The fraction of sp³-hybridized carbons (Fsp3) is 0.333. The van der Waals surface area contributed by atoms with Gasteiger partial charge < -0.3 is 5.32 Å². The minimum absolute atomic E-state index is 0.0898. The van der Waals surface area contributed by atoms with Gasteiger partial charge in [0.2, 0.25) is 5.82 Å². The number of nitrogens with one attached hydrogen (secondary N) is 1. The molecule has 102 valence electrons. The maximum atomic E-state index is 12.6. The predicted octanol–water partition coefficient (Wildman–Crippen LogP) is 1.82. The number of anilines is 1. The van der Waals surface area contributed by atoms with Crippen LogP contribution < -0.4 is 5.32 Å². The molecule has 0 fully saturated rings. The van der Waals surface area contributed by atoms with Crippen molar-refractivity contribution >= 4 is 17.6 Å². The van der Waals surface area contributed by atoms with Gasteiger partial charge in [-0.1, -0.05) is 0 Å². The monoisotopic (exact) mass is 290 g/mol. The van der Waals surface area contributed by atoms with Crippen molar-refractivity contribution < 1.29 is 13.2 Å². The van der Waals surface area contributed by atoms with E-state index in [1.165, 1.54) is 24.1 Å². The van der Waals surface area contributed by atoms with Crippen LogP contribution in [0.4, 0.5) is 19.0 Å². The summed E-state index contributed by atoms with van der Waals surface area (Å²) in [5.41, 5.74) is 0. The summed E-state index contributed by atoms with van der Waals surface area (Å²) in [5, 5.41) is 6.98. The molecule has 0 saturated heterocycles. The molecule has 0 aromatic carbocycles. The van der Waals surface area contributed by atoms with Crippen molar-refractivity contribution in [3.05, 3.63) is 18.2 Å². The summed E-state index contributed by atoms with van der Waals surface area (Å²) >= 11 is 0.979. The first-order valence-corrected chi connectivity index (χ1v) is 5.87. The maximum Gasteiger partial charge on any atom is 0.451 e. The van der Waals surface area contributed by atoms with Gasteiger partial charge in [-0.3, -0.25) is 0 Å². The molecule has 2 rings (SSSR count). The molecule has 2 heterocycles. The average molecular weight is 290 g/mol. The first-order valence-electron chi connectivity index (χ1n) is 5.06. The number of alkyl halides is 3. The van der Waals surface area contributed by atoms with Crippen LogP contribution in [0, 0.1) is 0 Å². The lowest BCUT2D eigenvalue weighted by atomic mass is 10.5. The van der Waals surface area contributed by atoms with Crippen LogP contribution in [0.25, 0.3) is 0 Å². The van der Waals surface area contributed by atoms with Gasteiger partial charge in [-0.15, -0.1) is 0 Å². The van der Waals surface area contributed by atoms with Crippen LogP contribution >= 0.6 is 11.8 Å². The Morgan fingerprint density at radius 2 is 2.05 bits per heavy atom. The number of hydrogen-bond donors (Lipinski definition) is 1. The summed E-state index contributed by atoms with van der Waals surface area (Å²) in [6.45, 7) is 0. The highest BCUT2D eigenvalue weighted by Gasteiger charge is 2.35. The maximum absolute atomic E-state index is 12.6. The van der Waals surface area contributed by atoms with E-state index in [-0.39, 0.29) is 10.8 Å². The highest BCUT2D eigenvalue weighted by Crippen LogP contribution is 2.31. The molecule has 2 aromatic rings. The summed E-state index contributed by atoms with van der Waals surface area (Å²) in [7, 11) is 3.12. The Kier molecular flexibility index (Phi) is 3.60. The largest absolute Gasteiger partial charge is 0.451 e. The van der Waals surface area contributed by atoms with Crippen molar-refractivity contribution in [1.29, 1.82) is 0 Å². The van der Waals surface area contributed by atoms with Crippen molar-refractivity contribution in [2.45, 2.75) is 16.4 Å². The van der Waals surface area contributed by atoms with Crippen molar-refractivity contribution in [2.24, 2.45) is 7.05 Å². The molecule has 1 N–H and O–H groups in total. The fourth-order valence-corrected chi connectivity index (χ4v) is 1.97. The highest BCUT2D eigenvalue weighted by molar-refractivity contribution is 7.99. The number of aryl methyl sites for hydroxylation is 1. The lowest BCUT2D eigenvalue weighted by molar-refractivity contribution is -0.145. The van der Waals surface area contributed by atoms with E-state index in [2.05, 4.69) is 25.4 Å². The molecular weight excluding hydrogens is 281 g/mol. The van der Waals surface area contributed by atoms with Crippen LogP contribution in [0.2, 0.25) is 0 Å². The second-order valence-electron chi connectivity index (χ2n) is 3.43. The van der Waals surface area contributed by atoms with E-state index in [1.54, 1.807) is 7.05 Å². The molecule has 6 nitrogen and oxygen atoms in total. The summed E-state index contributed by atoms with van der Waals surface area (Å²) < 4.78 is 39.4. The number of rotatable bonds is 3. The number of aromatic nitrogens is 5. The Labute approximate surface area is 110 Å². The second kappa shape index (κ2) is 5.03. The van der Waals surface area contributed by atoms with Gasteiger partial charge in [0.1, 0.15) is 17.2 Å². The number of hydrogen-bond acceptors (Lipinski definition) is 6. The van der Waals surface area contributed by atoms with Crippen LogP contribution in [-0.2, 0) is 13.2 Å². The minimum atomic E-state index is -4.60. The predicted molar refractivity (Wildman–Crippen MR) is 61.7 cm³/mol. The Bertz CT molecular complexity index is 582. The zero-order valence-corrected chi connectivity index (χ0v) is 10.7. The number of nitrogens with zero attached hydrogens (tertiary/aromatic N) is 5. The zero-order chi connectivity index (χ0) is 14.0. The van der Waals surface area contributed by atoms with Gasteiger partial charge in [0, 0.05) is 20.2 Å². The molecule has 0 saturated carbocycles. The lowest BCUT2D eigenvalue weighted by Crippen LogP contribution is -2.13. The Hall–Kier alpha value is -1.84. The number of halogens is 3. The van der Waals surface area contributed by atoms with Crippen molar-refractivity contribution in [3.63, 3.8) is 0 Å². The second-order valence-corrected chi connectivity index (χ2v) is 4.42. The third-order valence-corrected chi connectivity index (χ3v) is 3.05. The molecule has 0 aliphatic carbocycles. The fourth-order valence-electron chi connectivity index (χ4n) is 1.20. The third-order valence-electron chi connectivity index (χ3n) is 2.08. The van der Waals surface area contributed by atoms with Crippen LogP contribution in [0.5, 0.6) is 0 Å². The average Bonchev–Trinajstić information content (AvgIpc) is 2.73. The molecule has 0 radical (unpaired) electrons. The normalized spacial score (nSPS) is 11.6. The summed E-state index contributed by atoms with van der Waals surface area (Å²) in [6.07, 6.45) is -3.28. The Balaban J connectivity index is 2.37. The van der Waals surface area contributed by atoms with Crippen molar-refractivity contribution in [1.82, 2.24) is 24.7 Å². The Morgan fingerprint density at radius 1 is 1.32 bits per heavy atom. The molecule has 0 amide bonds. The summed E-state index contributed by atoms with van der Waals surface area (Å²) in [5.74, 6) is -1.10. The lowest BCUT2D eigenvalue weighted by Gasteiger charge is -2.09. The van der Waals surface area contributed by atoms with E-state index in [0.717, 1.165) is 11.8 Å². The van der Waals surface area contributed by atoms with Gasteiger partial charge >= 0.3 is 6.18 Å². The van der Waals surface area contributed by atoms with Crippen LogP contribution in [0.1, 0.15) is 5.82 Å². The van der Waals surface area contributed by atoms with Crippen molar-refractivity contribution in [2.75, 3.05) is 12.4 Å². The van der Waals surface area contributed by atoms with E-state index in [0.29, 0.717) is 5.16 Å². The standard InChI is InChI=1S/C9H9F3N6S/c1-13-5-3-6(17-7(16-5)9(10,11)12)19-8-14-4-15-18(8)2/h3-4H,1-2H3,(H,13,16,17). The molecule has 19 heavy (non-hydrogen) atoms. The Morgan fingerprint density at radius 3 is 2.58 bits per heavy atom. The summed E-state index contributed by atoms with van der Waals surface area (Å²) in [4.78, 5) is 10.8. The molecular formula is C9H9F3N6S. The minimum Gasteiger partial charge on any atom is -0.373 e. The SMILES string of the molecule is CNc1cc(Sc2ncnn2C)nc(C(F)(F)F)n1. The molecule has 0 bridgehead atoms. The quantitative estimate of drug-likeness (QED) is 0.870. The molecule has 2 aromatic heterocycles. The van der Waals surface area contributed by atoms with Crippen LogP contribution in [-0.4, -0.2) is 31.8 Å². The highest BCUT2D eigenvalue weighted by atomic mass is 32.2. The molecule has 0 atom stereocenters. The first kappa shape index (κ1) is 13.6. The van der Waals surface area contributed by atoms with Gasteiger partial charge in [-0.2, -0.15) is 18.3 Å². The molecule has 0 spiro atoms. The van der Waals surface area contributed by atoms with E-state index in [9.17, 15) is 13.2 Å². The smallest absolute Gasteiger partial charge is 0.373 e. The molecule has 0 unspecified atom stereocenters. The van der Waals surface area contributed by atoms with Crippen LogP contribution in [0.3, 0.4) is 0 Å². The van der Waals surface area contributed by atoms with Crippen LogP contribution in [0.15, 0.2) is 22.6 Å². The summed E-state index contributed by atoms with van der Waals surface area (Å²) in [6, 6.07) is 1.41.